The number of hydrogen-bond donors (Lipinski definition) is 2. The largest absolute Gasteiger partial charge is 0.416 e. The first-order chi connectivity index (χ1) is 15.6. The SMILES string of the molecule is CC(C)(C)NNc1ccc(C(F)(F)F)cc1C(=O)N=c1sc(C(C)(C)C)cn1C[C@H]1CCCO1. The van der Waals surface area contributed by atoms with Crippen LogP contribution in [0.3, 0.4) is 0 Å². The van der Waals surface area contributed by atoms with Gasteiger partial charge in [0, 0.05) is 23.2 Å². The number of aromatic nitrogens is 1. The zero-order valence-electron chi connectivity index (χ0n) is 20.5. The Morgan fingerprint density at radius 1 is 1.21 bits per heavy atom. The van der Waals surface area contributed by atoms with Gasteiger partial charge in [-0.3, -0.25) is 4.79 Å². The fourth-order valence-corrected chi connectivity index (χ4v) is 4.42. The molecule has 0 saturated carbocycles. The number of carbonyl (C=O) groups is 1. The van der Waals surface area contributed by atoms with Crippen molar-refractivity contribution < 1.29 is 22.7 Å². The van der Waals surface area contributed by atoms with Gasteiger partial charge in [-0.05, 0) is 57.2 Å². The summed E-state index contributed by atoms with van der Waals surface area (Å²) in [4.78, 5) is 19.0. The number of hydrazine groups is 1. The van der Waals surface area contributed by atoms with Gasteiger partial charge >= 0.3 is 6.18 Å². The number of halogens is 3. The molecule has 1 aliphatic rings. The monoisotopic (exact) mass is 498 g/mol. The van der Waals surface area contributed by atoms with Crippen LogP contribution >= 0.6 is 11.3 Å². The van der Waals surface area contributed by atoms with Gasteiger partial charge in [-0.2, -0.15) is 18.2 Å². The van der Waals surface area contributed by atoms with Crippen LogP contribution < -0.4 is 15.7 Å². The number of benzene rings is 1. The highest BCUT2D eigenvalue weighted by atomic mass is 32.1. The van der Waals surface area contributed by atoms with Crippen molar-refractivity contribution in [3.63, 3.8) is 0 Å². The molecular formula is C24H33F3N4O2S. The number of rotatable bonds is 5. The predicted molar refractivity (Wildman–Crippen MR) is 128 cm³/mol. The van der Waals surface area contributed by atoms with E-state index in [0.717, 1.165) is 29.9 Å². The zero-order valence-corrected chi connectivity index (χ0v) is 21.3. The maximum Gasteiger partial charge on any atom is 0.416 e. The van der Waals surface area contributed by atoms with Gasteiger partial charge in [-0.25, -0.2) is 5.43 Å². The maximum atomic E-state index is 13.4. The second kappa shape index (κ2) is 9.83. The summed E-state index contributed by atoms with van der Waals surface area (Å²) in [5.41, 5.74) is 4.51. The molecule has 2 N–H and O–H groups in total. The molecule has 3 rings (SSSR count). The Balaban J connectivity index is 2.05. The third-order valence-electron chi connectivity index (χ3n) is 5.23. The molecule has 1 aliphatic heterocycles. The summed E-state index contributed by atoms with van der Waals surface area (Å²) in [6, 6.07) is 3.05. The lowest BCUT2D eigenvalue weighted by molar-refractivity contribution is -0.137. The minimum Gasteiger partial charge on any atom is -0.376 e. The van der Waals surface area contributed by atoms with E-state index >= 15 is 0 Å². The third kappa shape index (κ3) is 6.93. The molecule has 188 valence electrons. The van der Waals surface area contributed by atoms with Crippen LogP contribution in [0.25, 0.3) is 0 Å². The highest BCUT2D eigenvalue weighted by molar-refractivity contribution is 7.09. The summed E-state index contributed by atoms with van der Waals surface area (Å²) in [5.74, 6) is -0.743. The standard InChI is InChI=1S/C24H33F3N4O2S/c1-22(2,3)19-14-31(13-16-8-7-11-33-16)21(34-19)28-20(32)17-12-15(24(25,26)27)9-10-18(17)29-30-23(4,5)6/h9-10,12,14,16,29-30H,7-8,11,13H2,1-6H3/t16-/m1/s1. The van der Waals surface area contributed by atoms with Crippen LogP contribution in [0.5, 0.6) is 0 Å². The summed E-state index contributed by atoms with van der Waals surface area (Å²) in [6.45, 7) is 13.1. The van der Waals surface area contributed by atoms with Gasteiger partial charge in [0.25, 0.3) is 5.91 Å². The molecular weight excluding hydrogens is 465 g/mol. The predicted octanol–water partition coefficient (Wildman–Crippen LogP) is 5.50. The van der Waals surface area contributed by atoms with E-state index in [4.69, 9.17) is 4.74 Å². The first-order valence-electron chi connectivity index (χ1n) is 11.3. The van der Waals surface area contributed by atoms with E-state index in [0.29, 0.717) is 18.0 Å². The van der Waals surface area contributed by atoms with E-state index in [1.165, 1.54) is 17.4 Å². The molecule has 6 nitrogen and oxygen atoms in total. The lowest BCUT2D eigenvalue weighted by atomic mass is 9.95. The number of amides is 1. The Labute approximate surface area is 202 Å². The molecule has 0 unspecified atom stereocenters. The summed E-state index contributed by atoms with van der Waals surface area (Å²) in [5, 5.41) is 0. The molecule has 1 saturated heterocycles. The molecule has 1 atom stereocenters. The van der Waals surface area contributed by atoms with Gasteiger partial charge in [0.2, 0.25) is 0 Å². The van der Waals surface area contributed by atoms with Crippen molar-refractivity contribution in [2.45, 2.75) is 84.2 Å². The molecule has 0 bridgehead atoms. The van der Waals surface area contributed by atoms with Crippen molar-refractivity contribution in [3.05, 3.63) is 45.2 Å². The van der Waals surface area contributed by atoms with Gasteiger partial charge in [-0.15, -0.1) is 11.3 Å². The highest BCUT2D eigenvalue weighted by Crippen LogP contribution is 2.32. The molecule has 0 aliphatic carbocycles. The molecule has 1 aromatic carbocycles. The van der Waals surface area contributed by atoms with E-state index in [-0.39, 0.29) is 28.3 Å². The number of anilines is 1. The first kappa shape index (κ1) is 26.4. The lowest BCUT2D eigenvalue weighted by Crippen LogP contribution is -2.40. The molecule has 0 spiro atoms. The number of nitrogens with zero attached hydrogens (tertiary/aromatic N) is 2. The van der Waals surface area contributed by atoms with Gasteiger partial charge < -0.3 is 14.7 Å². The van der Waals surface area contributed by atoms with Crippen LogP contribution in [-0.2, 0) is 22.9 Å². The van der Waals surface area contributed by atoms with Crippen LogP contribution in [0.4, 0.5) is 18.9 Å². The summed E-state index contributed by atoms with van der Waals surface area (Å²) < 4.78 is 47.8. The minimum atomic E-state index is -4.58. The fourth-order valence-electron chi connectivity index (χ4n) is 3.36. The average Bonchev–Trinajstić information content (AvgIpc) is 3.35. The number of carbonyl (C=O) groups excluding carboxylic acids is 1. The van der Waals surface area contributed by atoms with E-state index in [1.54, 1.807) is 0 Å². The average molecular weight is 499 g/mol. The second-order valence-electron chi connectivity index (χ2n) is 10.6. The molecule has 0 radical (unpaired) electrons. The number of alkyl halides is 3. The normalized spacial score (nSPS) is 17.9. The smallest absolute Gasteiger partial charge is 0.376 e. The van der Waals surface area contributed by atoms with Gasteiger partial charge in [0.15, 0.2) is 4.80 Å². The molecule has 2 heterocycles. The molecule has 10 heteroatoms. The van der Waals surface area contributed by atoms with E-state index in [1.807, 2.05) is 31.5 Å². The lowest BCUT2D eigenvalue weighted by Gasteiger charge is -2.23. The number of thiazole rings is 1. The second-order valence-corrected chi connectivity index (χ2v) is 11.6. The fraction of sp³-hybridized carbons (Fsp3) is 0.583. The zero-order chi connectivity index (χ0) is 25.3. The topological polar surface area (TPSA) is 67.6 Å². The van der Waals surface area contributed by atoms with Crippen molar-refractivity contribution in [2.75, 3.05) is 12.0 Å². The van der Waals surface area contributed by atoms with Crippen LogP contribution in [-0.4, -0.2) is 28.7 Å². The van der Waals surface area contributed by atoms with E-state index < -0.39 is 17.6 Å². The van der Waals surface area contributed by atoms with E-state index in [9.17, 15) is 18.0 Å². The maximum absolute atomic E-state index is 13.4. The Hall–Kier alpha value is -2.17. The first-order valence-corrected chi connectivity index (χ1v) is 12.1. The number of hydrogen-bond acceptors (Lipinski definition) is 5. The Morgan fingerprint density at radius 3 is 2.47 bits per heavy atom. The van der Waals surface area contributed by atoms with Crippen molar-refractivity contribution in [1.82, 2.24) is 9.99 Å². The summed E-state index contributed by atoms with van der Waals surface area (Å²) >= 11 is 1.37. The van der Waals surface area contributed by atoms with Crippen molar-refractivity contribution in [3.8, 4) is 0 Å². The molecule has 1 fully saturated rings. The molecule has 1 aromatic heterocycles. The number of nitrogens with one attached hydrogen (secondary N) is 2. The van der Waals surface area contributed by atoms with Gasteiger partial charge in [0.05, 0.1) is 29.5 Å². The minimum absolute atomic E-state index is 0.0261. The van der Waals surface area contributed by atoms with Crippen molar-refractivity contribution in [1.29, 1.82) is 0 Å². The molecule has 2 aromatic rings. The highest BCUT2D eigenvalue weighted by Gasteiger charge is 2.32. The van der Waals surface area contributed by atoms with Crippen molar-refractivity contribution >= 4 is 22.9 Å². The van der Waals surface area contributed by atoms with Crippen molar-refractivity contribution in [2.24, 2.45) is 4.99 Å². The Bertz CT molecular complexity index is 1090. The quantitative estimate of drug-likeness (QED) is 0.534. The van der Waals surface area contributed by atoms with Crippen LogP contribution in [0, 0.1) is 0 Å². The Kier molecular flexibility index (Phi) is 7.64. The van der Waals surface area contributed by atoms with E-state index in [2.05, 4.69) is 36.6 Å². The summed E-state index contributed by atoms with van der Waals surface area (Å²) in [7, 11) is 0. The van der Waals surface area contributed by atoms with Crippen LogP contribution in [0.1, 0.15) is 75.2 Å². The van der Waals surface area contributed by atoms with Gasteiger partial charge in [0.1, 0.15) is 0 Å². The number of ether oxygens (including phenoxy) is 1. The third-order valence-corrected chi connectivity index (χ3v) is 6.68. The van der Waals surface area contributed by atoms with Gasteiger partial charge in [-0.1, -0.05) is 20.8 Å². The molecule has 34 heavy (non-hydrogen) atoms. The Morgan fingerprint density at radius 2 is 1.91 bits per heavy atom. The molecule has 1 amide bonds. The van der Waals surface area contributed by atoms with Crippen LogP contribution in [0.15, 0.2) is 29.4 Å². The summed E-state index contributed by atoms with van der Waals surface area (Å²) in [6.07, 6.45) is -0.690. The van der Waals surface area contributed by atoms with Crippen LogP contribution in [0.2, 0.25) is 0 Å².